The first-order chi connectivity index (χ1) is 13.0. The highest BCUT2D eigenvalue weighted by atomic mass is 32.1. The molecule has 1 fully saturated rings. The maximum atomic E-state index is 12.1. The van der Waals surface area contributed by atoms with E-state index in [-0.39, 0.29) is 17.7 Å². The number of nitrogens with zero attached hydrogens (tertiary/aromatic N) is 1. The lowest BCUT2D eigenvalue weighted by Gasteiger charge is -2.19. The van der Waals surface area contributed by atoms with Gasteiger partial charge >= 0.3 is 0 Å². The molecule has 3 rings (SSSR count). The van der Waals surface area contributed by atoms with Crippen LogP contribution in [-0.4, -0.2) is 30.8 Å². The van der Waals surface area contributed by atoms with Crippen molar-refractivity contribution in [1.82, 2.24) is 5.32 Å². The Morgan fingerprint density at radius 2 is 2.11 bits per heavy atom. The molecule has 1 saturated heterocycles. The normalized spacial score (nSPS) is 13.7. The molecule has 1 aromatic heterocycles. The molecular weight excluding hydrogens is 362 g/mol. The molecule has 2 heterocycles. The minimum atomic E-state index is -0.112. The SMILES string of the molecule is Cc1cc(NC(=O)CCCNC(=O)c2ccsc2)ccc1N1CCCC1=O. The molecule has 1 aliphatic rings. The van der Waals surface area contributed by atoms with Crippen LogP contribution in [0.25, 0.3) is 0 Å². The number of thiophene rings is 1. The van der Waals surface area contributed by atoms with Crippen molar-refractivity contribution < 1.29 is 14.4 Å². The van der Waals surface area contributed by atoms with Gasteiger partial charge in [-0.3, -0.25) is 14.4 Å². The molecule has 1 aliphatic heterocycles. The Bertz CT molecular complexity index is 833. The Morgan fingerprint density at radius 3 is 2.78 bits per heavy atom. The van der Waals surface area contributed by atoms with Crippen molar-refractivity contribution in [1.29, 1.82) is 0 Å². The number of benzene rings is 1. The van der Waals surface area contributed by atoms with E-state index in [2.05, 4.69) is 10.6 Å². The van der Waals surface area contributed by atoms with E-state index in [9.17, 15) is 14.4 Å². The fraction of sp³-hybridized carbons (Fsp3) is 0.350. The standard InChI is InChI=1S/C20H23N3O3S/c1-14-12-16(6-7-17(14)23-10-3-5-19(23)25)22-18(24)4-2-9-21-20(26)15-8-11-27-13-15/h6-8,11-13H,2-5,9-10H2,1H3,(H,21,26)(H,22,24). The van der Waals surface area contributed by atoms with Crippen molar-refractivity contribution in [2.45, 2.75) is 32.6 Å². The number of carbonyl (C=O) groups is 3. The molecule has 6 nitrogen and oxygen atoms in total. The van der Waals surface area contributed by atoms with Gasteiger partial charge < -0.3 is 15.5 Å². The van der Waals surface area contributed by atoms with Crippen LogP contribution in [-0.2, 0) is 9.59 Å². The first kappa shape index (κ1) is 19.1. The van der Waals surface area contributed by atoms with Crippen LogP contribution in [0.3, 0.4) is 0 Å². The van der Waals surface area contributed by atoms with Gasteiger partial charge in [0.1, 0.15) is 0 Å². The Hall–Kier alpha value is -2.67. The largest absolute Gasteiger partial charge is 0.352 e. The van der Waals surface area contributed by atoms with E-state index in [1.165, 1.54) is 11.3 Å². The van der Waals surface area contributed by atoms with Gasteiger partial charge in [-0.05, 0) is 55.0 Å². The first-order valence-corrected chi connectivity index (χ1v) is 10.00. The smallest absolute Gasteiger partial charge is 0.252 e. The number of hydrogen-bond donors (Lipinski definition) is 2. The lowest BCUT2D eigenvalue weighted by Crippen LogP contribution is -2.25. The Labute approximate surface area is 162 Å². The van der Waals surface area contributed by atoms with Crippen LogP contribution in [0, 0.1) is 6.92 Å². The average molecular weight is 385 g/mol. The van der Waals surface area contributed by atoms with Gasteiger partial charge in [0.15, 0.2) is 0 Å². The highest BCUT2D eigenvalue weighted by Crippen LogP contribution is 2.27. The van der Waals surface area contributed by atoms with E-state index in [1.807, 2.05) is 30.5 Å². The molecule has 0 aliphatic carbocycles. The van der Waals surface area contributed by atoms with Crippen molar-refractivity contribution in [3.63, 3.8) is 0 Å². The van der Waals surface area contributed by atoms with Crippen LogP contribution in [0.2, 0.25) is 0 Å². The summed E-state index contributed by atoms with van der Waals surface area (Å²) in [6.07, 6.45) is 2.39. The van der Waals surface area contributed by atoms with Crippen molar-refractivity contribution in [2.75, 3.05) is 23.3 Å². The maximum Gasteiger partial charge on any atom is 0.252 e. The van der Waals surface area contributed by atoms with Gasteiger partial charge in [-0.2, -0.15) is 11.3 Å². The van der Waals surface area contributed by atoms with E-state index in [0.29, 0.717) is 31.4 Å². The molecule has 0 atom stereocenters. The van der Waals surface area contributed by atoms with Gasteiger partial charge in [-0.1, -0.05) is 0 Å². The summed E-state index contributed by atoms with van der Waals surface area (Å²) >= 11 is 1.48. The third-order valence-corrected chi connectivity index (χ3v) is 5.18. The second kappa shape index (κ2) is 8.81. The van der Waals surface area contributed by atoms with Gasteiger partial charge in [0.05, 0.1) is 0 Å². The summed E-state index contributed by atoms with van der Waals surface area (Å²) in [5.41, 5.74) is 3.24. The molecule has 0 spiro atoms. The number of amides is 3. The van der Waals surface area contributed by atoms with Gasteiger partial charge in [0.2, 0.25) is 11.8 Å². The molecule has 0 radical (unpaired) electrons. The molecule has 142 valence electrons. The lowest BCUT2D eigenvalue weighted by atomic mass is 10.1. The van der Waals surface area contributed by atoms with Crippen molar-refractivity contribution in [3.8, 4) is 0 Å². The summed E-state index contributed by atoms with van der Waals surface area (Å²) in [6, 6.07) is 7.37. The number of carbonyl (C=O) groups excluding carboxylic acids is 3. The average Bonchev–Trinajstić information content (AvgIpc) is 3.31. The Morgan fingerprint density at radius 1 is 1.26 bits per heavy atom. The molecule has 2 N–H and O–H groups in total. The second-order valence-electron chi connectivity index (χ2n) is 6.57. The summed E-state index contributed by atoms with van der Waals surface area (Å²) < 4.78 is 0. The number of anilines is 2. The fourth-order valence-electron chi connectivity index (χ4n) is 3.11. The minimum absolute atomic E-state index is 0.0934. The molecule has 27 heavy (non-hydrogen) atoms. The number of hydrogen-bond acceptors (Lipinski definition) is 4. The summed E-state index contributed by atoms with van der Waals surface area (Å²) in [6.45, 7) is 3.15. The second-order valence-corrected chi connectivity index (χ2v) is 7.35. The van der Waals surface area contributed by atoms with Crippen LogP contribution in [0.5, 0.6) is 0 Å². The zero-order chi connectivity index (χ0) is 19.2. The molecule has 7 heteroatoms. The van der Waals surface area contributed by atoms with E-state index >= 15 is 0 Å². The van der Waals surface area contributed by atoms with Gasteiger partial charge in [0.25, 0.3) is 5.91 Å². The summed E-state index contributed by atoms with van der Waals surface area (Å²) in [7, 11) is 0. The van der Waals surface area contributed by atoms with E-state index in [4.69, 9.17) is 0 Å². The molecule has 0 bridgehead atoms. The van der Waals surface area contributed by atoms with E-state index in [0.717, 1.165) is 29.9 Å². The van der Waals surface area contributed by atoms with E-state index < -0.39 is 0 Å². The van der Waals surface area contributed by atoms with Crippen LogP contribution in [0.4, 0.5) is 11.4 Å². The molecular formula is C20H23N3O3S. The minimum Gasteiger partial charge on any atom is -0.352 e. The highest BCUT2D eigenvalue weighted by Gasteiger charge is 2.23. The zero-order valence-corrected chi connectivity index (χ0v) is 16.1. The van der Waals surface area contributed by atoms with E-state index in [1.54, 1.807) is 16.3 Å². The number of nitrogens with one attached hydrogen (secondary N) is 2. The Balaban J connectivity index is 1.44. The van der Waals surface area contributed by atoms with Crippen LogP contribution >= 0.6 is 11.3 Å². The quantitative estimate of drug-likeness (QED) is 0.718. The van der Waals surface area contributed by atoms with Crippen molar-refractivity contribution >= 4 is 40.4 Å². The monoisotopic (exact) mass is 385 g/mol. The fourth-order valence-corrected chi connectivity index (χ4v) is 3.74. The predicted octanol–water partition coefficient (Wildman–Crippen LogP) is 3.33. The lowest BCUT2D eigenvalue weighted by molar-refractivity contribution is -0.117. The van der Waals surface area contributed by atoms with Gasteiger partial charge in [0, 0.05) is 48.2 Å². The van der Waals surface area contributed by atoms with Gasteiger partial charge in [-0.15, -0.1) is 0 Å². The summed E-state index contributed by atoms with van der Waals surface area (Å²) in [5, 5.41) is 9.33. The highest BCUT2D eigenvalue weighted by molar-refractivity contribution is 7.08. The van der Waals surface area contributed by atoms with Crippen molar-refractivity contribution in [2.24, 2.45) is 0 Å². The summed E-state index contributed by atoms with van der Waals surface area (Å²) in [4.78, 5) is 37.6. The van der Waals surface area contributed by atoms with Crippen molar-refractivity contribution in [3.05, 3.63) is 46.2 Å². The molecule has 0 saturated carbocycles. The van der Waals surface area contributed by atoms with Gasteiger partial charge in [-0.25, -0.2) is 0 Å². The molecule has 2 aromatic rings. The molecule has 0 unspecified atom stereocenters. The third-order valence-electron chi connectivity index (χ3n) is 4.49. The van der Waals surface area contributed by atoms with Crippen LogP contribution < -0.4 is 15.5 Å². The molecule has 3 amide bonds. The topological polar surface area (TPSA) is 78.5 Å². The first-order valence-electron chi connectivity index (χ1n) is 9.06. The number of aryl methyl sites for hydroxylation is 1. The zero-order valence-electron chi connectivity index (χ0n) is 15.3. The molecule has 1 aromatic carbocycles. The predicted molar refractivity (Wildman–Crippen MR) is 107 cm³/mol. The maximum absolute atomic E-state index is 12.1. The Kier molecular flexibility index (Phi) is 6.24. The summed E-state index contributed by atoms with van der Waals surface area (Å²) in [5.74, 6) is -0.0529. The third kappa shape index (κ3) is 4.95. The van der Waals surface area contributed by atoms with Crippen LogP contribution in [0.15, 0.2) is 35.0 Å². The van der Waals surface area contributed by atoms with Crippen LogP contribution in [0.1, 0.15) is 41.6 Å². The number of rotatable bonds is 7.